The number of ketones is 1. The van der Waals surface area contributed by atoms with Crippen LogP contribution < -0.4 is 10.1 Å². The summed E-state index contributed by atoms with van der Waals surface area (Å²) >= 11 is 0. The highest BCUT2D eigenvalue weighted by atomic mass is 16.5. The van der Waals surface area contributed by atoms with Crippen LogP contribution in [0.2, 0.25) is 0 Å². The first-order chi connectivity index (χ1) is 9.56. The molecule has 1 aromatic rings. The van der Waals surface area contributed by atoms with Crippen LogP contribution in [-0.4, -0.2) is 26.0 Å². The zero-order valence-electron chi connectivity index (χ0n) is 11.3. The molecule has 2 rings (SSSR count). The van der Waals surface area contributed by atoms with E-state index in [1.807, 2.05) is 12.1 Å². The molecule has 0 aromatic heterocycles. The van der Waals surface area contributed by atoms with Gasteiger partial charge in [0.05, 0.1) is 19.9 Å². The van der Waals surface area contributed by atoms with Crippen molar-refractivity contribution in [3.05, 3.63) is 47.8 Å². The quantitative estimate of drug-likeness (QED) is 0.514. The summed E-state index contributed by atoms with van der Waals surface area (Å²) in [5.74, 6) is -1.18. The Morgan fingerprint density at radius 2 is 1.95 bits per heavy atom. The van der Waals surface area contributed by atoms with Crippen molar-refractivity contribution in [3.63, 3.8) is 0 Å². The first kappa shape index (κ1) is 13.9. The van der Waals surface area contributed by atoms with Gasteiger partial charge in [0, 0.05) is 5.70 Å². The van der Waals surface area contributed by atoms with Crippen molar-refractivity contribution in [1.29, 1.82) is 0 Å². The molecule has 1 fully saturated rings. The molecule has 1 atom stereocenters. The number of esters is 1. The topological polar surface area (TPSA) is 64.6 Å². The third-order valence-electron chi connectivity index (χ3n) is 3.04. The molecule has 0 radical (unpaired) electrons. The minimum absolute atomic E-state index is 0.329. The number of methoxy groups -OCH3 is 2. The van der Waals surface area contributed by atoms with E-state index in [1.54, 1.807) is 25.3 Å². The lowest BCUT2D eigenvalue weighted by Gasteiger charge is -2.03. The summed E-state index contributed by atoms with van der Waals surface area (Å²) in [5.41, 5.74) is 1.48. The van der Waals surface area contributed by atoms with Crippen LogP contribution in [-0.2, 0) is 14.3 Å². The molecule has 1 heterocycles. The van der Waals surface area contributed by atoms with Gasteiger partial charge in [0.25, 0.3) is 0 Å². The lowest BCUT2D eigenvalue weighted by atomic mass is 10.0. The molecule has 104 valence electrons. The third kappa shape index (κ3) is 2.56. The Kier molecular flexibility index (Phi) is 3.89. The molecule has 1 saturated heterocycles. The van der Waals surface area contributed by atoms with Crippen LogP contribution in [0.1, 0.15) is 5.56 Å². The lowest BCUT2D eigenvalue weighted by Crippen LogP contribution is -2.21. The first-order valence-electron chi connectivity index (χ1n) is 6.00. The summed E-state index contributed by atoms with van der Waals surface area (Å²) in [7, 11) is 2.83. The Balaban J connectivity index is 2.25. The molecule has 1 N–H and O–H groups in total. The molecular formula is C15H15NO4. The summed E-state index contributed by atoms with van der Waals surface area (Å²) in [4.78, 5) is 23.7. The summed E-state index contributed by atoms with van der Waals surface area (Å²) in [6.07, 6.45) is 1.66. The molecule has 20 heavy (non-hydrogen) atoms. The standard InChI is InChI=1S/C15H15NO4/c1-9-13(15(18)20-3)14(17)12(16-9)8-10-4-6-11(19-2)7-5-10/h4-8,13,16H,1H2,2-3H3. The smallest absolute Gasteiger partial charge is 0.322 e. The highest BCUT2D eigenvalue weighted by molar-refractivity contribution is 6.14. The van der Waals surface area contributed by atoms with Crippen LogP contribution in [0.25, 0.3) is 6.08 Å². The molecule has 0 saturated carbocycles. The van der Waals surface area contributed by atoms with E-state index in [9.17, 15) is 9.59 Å². The number of rotatable bonds is 3. The second-order valence-corrected chi connectivity index (χ2v) is 4.30. The van der Waals surface area contributed by atoms with Crippen molar-refractivity contribution in [2.24, 2.45) is 5.92 Å². The SMILES string of the molecule is C=C1NC(=Cc2ccc(OC)cc2)C(=O)C1C(=O)OC. The van der Waals surface area contributed by atoms with E-state index in [1.165, 1.54) is 7.11 Å². The number of Topliss-reactive ketones (excluding diaryl/α,β-unsaturated/α-hetero) is 1. The Hall–Kier alpha value is -2.56. The predicted molar refractivity (Wildman–Crippen MR) is 73.8 cm³/mol. The van der Waals surface area contributed by atoms with Crippen LogP contribution in [0.4, 0.5) is 0 Å². The number of carbonyl (C=O) groups excluding carboxylic acids is 2. The molecular weight excluding hydrogens is 258 g/mol. The predicted octanol–water partition coefficient (Wildman–Crippen LogP) is 1.51. The van der Waals surface area contributed by atoms with Gasteiger partial charge in [-0.15, -0.1) is 0 Å². The van der Waals surface area contributed by atoms with Crippen molar-refractivity contribution in [3.8, 4) is 5.75 Å². The Bertz CT molecular complexity index is 586. The van der Waals surface area contributed by atoms with Crippen LogP contribution in [0, 0.1) is 5.92 Å². The van der Waals surface area contributed by atoms with Crippen LogP contribution in [0.3, 0.4) is 0 Å². The van der Waals surface area contributed by atoms with Crippen molar-refractivity contribution in [2.75, 3.05) is 14.2 Å². The normalized spacial score (nSPS) is 19.9. The number of nitrogens with one attached hydrogen (secondary N) is 1. The minimum Gasteiger partial charge on any atom is -0.497 e. The number of hydrogen-bond acceptors (Lipinski definition) is 5. The fraction of sp³-hybridized carbons (Fsp3) is 0.200. The van der Waals surface area contributed by atoms with E-state index in [-0.39, 0.29) is 5.78 Å². The van der Waals surface area contributed by atoms with Crippen molar-refractivity contribution in [2.45, 2.75) is 0 Å². The minimum atomic E-state index is -0.968. The number of benzene rings is 1. The molecule has 0 amide bonds. The summed E-state index contributed by atoms with van der Waals surface area (Å²) < 4.78 is 9.66. The van der Waals surface area contributed by atoms with Gasteiger partial charge in [0.15, 0.2) is 11.7 Å². The molecule has 5 nitrogen and oxygen atoms in total. The number of carbonyl (C=O) groups is 2. The summed E-state index contributed by atoms with van der Waals surface area (Å²) in [6.45, 7) is 3.68. The average Bonchev–Trinajstić information content (AvgIpc) is 2.73. The molecule has 1 aromatic carbocycles. The average molecular weight is 273 g/mol. The maximum atomic E-state index is 12.1. The zero-order chi connectivity index (χ0) is 14.7. The first-order valence-corrected chi connectivity index (χ1v) is 6.00. The van der Waals surface area contributed by atoms with Crippen LogP contribution in [0.5, 0.6) is 5.75 Å². The monoisotopic (exact) mass is 273 g/mol. The van der Waals surface area contributed by atoms with E-state index < -0.39 is 11.9 Å². The maximum Gasteiger partial charge on any atom is 0.322 e. The van der Waals surface area contributed by atoms with Gasteiger partial charge in [-0.05, 0) is 23.8 Å². The van der Waals surface area contributed by atoms with Gasteiger partial charge in [0.2, 0.25) is 0 Å². The Labute approximate surface area is 116 Å². The highest BCUT2D eigenvalue weighted by Gasteiger charge is 2.38. The number of allylic oxidation sites excluding steroid dienone is 1. The van der Waals surface area contributed by atoms with Gasteiger partial charge in [-0.3, -0.25) is 9.59 Å². The molecule has 1 aliphatic heterocycles. The Morgan fingerprint density at radius 1 is 1.30 bits per heavy atom. The van der Waals surface area contributed by atoms with Gasteiger partial charge in [0.1, 0.15) is 5.75 Å². The van der Waals surface area contributed by atoms with E-state index in [4.69, 9.17) is 4.74 Å². The van der Waals surface area contributed by atoms with Gasteiger partial charge < -0.3 is 14.8 Å². The summed E-state index contributed by atoms with van der Waals surface area (Å²) in [5, 5.41) is 2.83. The second-order valence-electron chi connectivity index (χ2n) is 4.30. The highest BCUT2D eigenvalue weighted by Crippen LogP contribution is 2.24. The molecule has 5 heteroatoms. The fourth-order valence-electron chi connectivity index (χ4n) is 1.96. The largest absolute Gasteiger partial charge is 0.497 e. The van der Waals surface area contributed by atoms with E-state index in [2.05, 4.69) is 16.6 Å². The van der Waals surface area contributed by atoms with E-state index >= 15 is 0 Å². The molecule has 1 unspecified atom stereocenters. The van der Waals surface area contributed by atoms with Crippen LogP contribution >= 0.6 is 0 Å². The third-order valence-corrected chi connectivity index (χ3v) is 3.04. The molecule has 0 bridgehead atoms. The van der Waals surface area contributed by atoms with Crippen molar-refractivity contribution < 1.29 is 19.1 Å². The lowest BCUT2D eigenvalue weighted by molar-refractivity contribution is -0.146. The maximum absolute atomic E-state index is 12.1. The van der Waals surface area contributed by atoms with Crippen molar-refractivity contribution in [1.82, 2.24) is 5.32 Å². The molecule has 1 aliphatic rings. The molecule has 0 aliphatic carbocycles. The molecule has 0 spiro atoms. The summed E-state index contributed by atoms with van der Waals surface area (Å²) in [6, 6.07) is 7.21. The van der Waals surface area contributed by atoms with Gasteiger partial charge in [-0.2, -0.15) is 0 Å². The van der Waals surface area contributed by atoms with Gasteiger partial charge >= 0.3 is 5.97 Å². The zero-order valence-corrected chi connectivity index (χ0v) is 11.3. The van der Waals surface area contributed by atoms with E-state index in [0.29, 0.717) is 11.4 Å². The number of hydrogen-bond donors (Lipinski definition) is 1. The van der Waals surface area contributed by atoms with E-state index in [0.717, 1.165) is 11.3 Å². The fourth-order valence-corrected chi connectivity index (χ4v) is 1.96. The number of ether oxygens (including phenoxy) is 2. The van der Waals surface area contributed by atoms with Crippen LogP contribution in [0.15, 0.2) is 42.2 Å². The van der Waals surface area contributed by atoms with Gasteiger partial charge in [-0.1, -0.05) is 18.7 Å². The second kappa shape index (κ2) is 5.61. The van der Waals surface area contributed by atoms with Crippen molar-refractivity contribution >= 4 is 17.8 Å². The van der Waals surface area contributed by atoms with Gasteiger partial charge in [-0.25, -0.2) is 0 Å². The Morgan fingerprint density at radius 3 is 2.50 bits per heavy atom.